The molecule has 2 aromatic rings. The van der Waals surface area contributed by atoms with Crippen molar-refractivity contribution < 1.29 is 18.4 Å². The number of amides is 3. The van der Waals surface area contributed by atoms with E-state index in [-0.39, 0.29) is 11.5 Å². The number of carbonyl (C=O) groups is 2. The van der Waals surface area contributed by atoms with Gasteiger partial charge < -0.3 is 15.5 Å². The molecule has 0 radical (unpaired) electrons. The molecule has 1 aliphatic rings. The first-order valence-electron chi connectivity index (χ1n) is 10.3. The number of hydrogen-bond donors (Lipinski definition) is 2. The van der Waals surface area contributed by atoms with Gasteiger partial charge in [-0.2, -0.15) is 0 Å². The second kappa shape index (κ2) is 10.5. The minimum atomic E-state index is -0.672. The summed E-state index contributed by atoms with van der Waals surface area (Å²) in [5.74, 6) is -1.23. The lowest BCUT2D eigenvalue weighted by atomic mass is 10.0. The summed E-state index contributed by atoms with van der Waals surface area (Å²) in [5, 5.41) is 7.53. The van der Waals surface area contributed by atoms with E-state index in [1.54, 1.807) is 11.3 Å². The molecule has 0 aliphatic carbocycles. The van der Waals surface area contributed by atoms with Crippen LogP contribution in [0, 0.1) is 11.6 Å². The third kappa shape index (κ3) is 5.78. The third-order valence-electron chi connectivity index (χ3n) is 5.23. The Labute approximate surface area is 179 Å². The van der Waals surface area contributed by atoms with Gasteiger partial charge in [-0.15, -0.1) is 11.3 Å². The number of hydrogen-bond acceptors (Lipinski definition) is 3. The molecular formula is C22H27F2N3O2S. The van der Waals surface area contributed by atoms with E-state index >= 15 is 0 Å². The van der Waals surface area contributed by atoms with Crippen LogP contribution in [-0.4, -0.2) is 29.9 Å². The summed E-state index contributed by atoms with van der Waals surface area (Å²) in [4.78, 5) is 27.9. The number of halogens is 2. The van der Waals surface area contributed by atoms with Crippen LogP contribution in [0.1, 0.15) is 54.7 Å². The monoisotopic (exact) mass is 435 g/mol. The van der Waals surface area contributed by atoms with Crippen molar-refractivity contribution in [2.45, 2.75) is 51.6 Å². The zero-order chi connectivity index (χ0) is 21.5. The van der Waals surface area contributed by atoms with Gasteiger partial charge in [-0.1, -0.05) is 19.4 Å². The lowest BCUT2D eigenvalue weighted by Crippen LogP contribution is -2.39. The number of nitrogens with one attached hydrogen (secondary N) is 2. The van der Waals surface area contributed by atoms with Gasteiger partial charge in [0.2, 0.25) is 5.91 Å². The van der Waals surface area contributed by atoms with E-state index in [4.69, 9.17) is 0 Å². The van der Waals surface area contributed by atoms with Gasteiger partial charge >= 0.3 is 6.03 Å². The van der Waals surface area contributed by atoms with Crippen molar-refractivity contribution in [3.05, 3.63) is 57.3 Å². The highest BCUT2D eigenvalue weighted by atomic mass is 32.1. The maximum atomic E-state index is 14.1. The largest absolute Gasteiger partial charge is 0.338 e. The summed E-state index contributed by atoms with van der Waals surface area (Å²) in [7, 11) is 0. The number of rotatable bonds is 8. The van der Waals surface area contributed by atoms with E-state index in [0.717, 1.165) is 25.5 Å². The van der Waals surface area contributed by atoms with Crippen LogP contribution >= 0.6 is 11.3 Å². The molecule has 8 heteroatoms. The quantitative estimate of drug-likeness (QED) is 0.599. The van der Waals surface area contributed by atoms with E-state index in [2.05, 4.69) is 22.1 Å². The summed E-state index contributed by atoms with van der Waals surface area (Å²) in [6.45, 7) is 3.68. The minimum Gasteiger partial charge on any atom is -0.338 e. The van der Waals surface area contributed by atoms with Crippen molar-refractivity contribution >= 4 is 23.3 Å². The zero-order valence-electron chi connectivity index (χ0n) is 17.0. The number of benzene rings is 1. The molecule has 2 N–H and O–H groups in total. The minimum absolute atomic E-state index is 0.0892. The van der Waals surface area contributed by atoms with E-state index in [0.29, 0.717) is 32.4 Å². The molecule has 0 fully saturated rings. The van der Waals surface area contributed by atoms with Gasteiger partial charge in [0, 0.05) is 42.6 Å². The SMILES string of the molecule is CCCC(NC(=O)NCCCC(=O)N1CCc2sccc2C1)c1ccc(F)cc1F. The Balaban J connectivity index is 1.42. The van der Waals surface area contributed by atoms with Crippen LogP contribution in [-0.2, 0) is 17.8 Å². The maximum Gasteiger partial charge on any atom is 0.315 e. The van der Waals surface area contributed by atoms with Crippen LogP contribution in [0.2, 0.25) is 0 Å². The number of fused-ring (bicyclic) bond motifs is 1. The molecule has 3 rings (SSSR count). The van der Waals surface area contributed by atoms with Crippen LogP contribution in [0.25, 0.3) is 0 Å². The predicted molar refractivity (Wildman–Crippen MR) is 113 cm³/mol. The molecule has 1 unspecified atom stereocenters. The fourth-order valence-corrected chi connectivity index (χ4v) is 4.54. The summed E-state index contributed by atoms with van der Waals surface area (Å²) >= 11 is 1.74. The second-order valence-electron chi connectivity index (χ2n) is 7.45. The highest BCUT2D eigenvalue weighted by molar-refractivity contribution is 7.10. The smallest absolute Gasteiger partial charge is 0.315 e. The molecule has 0 spiro atoms. The highest BCUT2D eigenvalue weighted by Crippen LogP contribution is 2.24. The average molecular weight is 436 g/mol. The Morgan fingerprint density at radius 2 is 2.10 bits per heavy atom. The Morgan fingerprint density at radius 1 is 1.27 bits per heavy atom. The van der Waals surface area contributed by atoms with Crippen LogP contribution < -0.4 is 10.6 Å². The second-order valence-corrected chi connectivity index (χ2v) is 8.45. The first-order chi connectivity index (χ1) is 14.5. The standard InChI is InChI=1S/C22H27F2N3O2S/c1-2-4-19(17-7-6-16(23)13-18(17)24)26-22(29)25-10-3-5-21(28)27-11-8-20-15(14-27)9-12-30-20/h6-7,9,12-13,19H,2-5,8,10-11,14H2,1H3,(H2,25,26,29). The lowest BCUT2D eigenvalue weighted by Gasteiger charge is -2.27. The fraction of sp³-hybridized carbons (Fsp3) is 0.455. The normalized spacial score (nSPS) is 14.2. The topological polar surface area (TPSA) is 61.4 Å². The Hall–Kier alpha value is -2.48. The Kier molecular flexibility index (Phi) is 7.79. The number of nitrogens with zero attached hydrogens (tertiary/aromatic N) is 1. The fourth-order valence-electron chi connectivity index (χ4n) is 3.65. The van der Waals surface area contributed by atoms with Gasteiger partial charge in [0.15, 0.2) is 0 Å². The molecule has 0 saturated heterocycles. The van der Waals surface area contributed by atoms with Crippen molar-refractivity contribution in [1.82, 2.24) is 15.5 Å². The molecule has 1 aromatic carbocycles. The highest BCUT2D eigenvalue weighted by Gasteiger charge is 2.21. The van der Waals surface area contributed by atoms with Gasteiger partial charge in [0.05, 0.1) is 6.04 Å². The molecule has 30 heavy (non-hydrogen) atoms. The summed E-state index contributed by atoms with van der Waals surface area (Å²) in [6, 6.07) is 4.48. The summed E-state index contributed by atoms with van der Waals surface area (Å²) in [6.07, 6.45) is 3.07. The van der Waals surface area contributed by atoms with Gasteiger partial charge in [-0.3, -0.25) is 4.79 Å². The zero-order valence-corrected chi connectivity index (χ0v) is 17.9. The molecule has 2 heterocycles. The Morgan fingerprint density at radius 3 is 2.87 bits per heavy atom. The van der Waals surface area contributed by atoms with Crippen molar-refractivity contribution in [2.24, 2.45) is 0 Å². The molecule has 5 nitrogen and oxygen atoms in total. The maximum absolute atomic E-state index is 14.1. The van der Waals surface area contributed by atoms with E-state index in [9.17, 15) is 18.4 Å². The lowest BCUT2D eigenvalue weighted by molar-refractivity contribution is -0.132. The molecule has 1 aliphatic heterocycles. The molecule has 1 atom stereocenters. The van der Waals surface area contributed by atoms with Gasteiger partial charge in [-0.25, -0.2) is 13.6 Å². The van der Waals surface area contributed by atoms with Gasteiger partial charge in [0.25, 0.3) is 0 Å². The number of carbonyl (C=O) groups excluding carboxylic acids is 2. The van der Waals surface area contributed by atoms with Gasteiger partial charge in [0.1, 0.15) is 11.6 Å². The number of urea groups is 1. The van der Waals surface area contributed by atoms with Crippen LogP contribution in [0.15, 0.2) is 29.6 Å². The number of thiophene rings is 1. The molecule has 162 valence electrons. The van der Waals surface area contributed by atoms with E-state index in [1.165, 1.54) is 22.6 Å². The summed E-state index contributed by atoms with van der Waals surface area (Å²) in [5.41, 5.74) is 1.49. The predicted octanol–water partition coefficient (Wildman–Crippen LogP) is 4.53. The van der Waals surface area contributed by atoms with Crippen LogP contribution in [0.3, 0.4) is 0 Å². The Bertz CT molecular complexity index is 887. The van der Waals surface area contributed by atoms with Crippen LogP contribution in [0.5, 0.6) is 0 Å². The van der Waals surface area contributed by atoms with E-state index in [1.807, 2.05) is 11.8 Å². The van der Waals surface area contributed by atoms with Crippen molar-refractivity contribution in [3.63, 3.8) is 0 Å². The third-order valence-corrected chi connectivity index (χ3v) is 6.26. The molecule has 1 aromatic heterocycles. The average Bonchev–Trinajstić information content (AvgIpc) is 3.18. The molecular weight excluding hydrogens is 408 g/mol. The van der Waals surface area contributed by atoms with Crippen LogP contribution in [0.4, 0.5) is 13.6 Å². The van der Waals surface area contributed by atoms with Crippen molar-refractivity contribution in [1.29, 1.82) is 0 Å². The molecule has 0 saturated carbocycles. The van der Waals surface area contributed by atoms with E-state index < -0.39 is 23.7 Å². The van der Waals surface area contributed by atoms with Crippen molar-refractivity contribution in [3.8, 4) is 0 Å². The molecule has 0 bridgehead atoms. The van der Waals surface area contributed by atoms with Crippen molar-refractivity contribution in [2.75, 3.05) is 13.1 Å². The van der Waals surface area contributed by atoms with Gasteiger partial charge in [-0.05, 0) is 42.3 Å². The first kappa shape index (κ1) is 22.2. The summed E-state index contributed by atoms with van der Waals surface area (Å²) < 4.78 is 27.2. The molecule has 3 amide bonds. The first-order valence-corrected chi connectivity index (χ1v) is 11.2.